The van der Waals surface area contributed by atoms with E-state index < -0.39 is 17.8 Å². The van der Waals surface area contributed by atoms with Gasteiger partial charge in [-0.1, -0.05) is 78.9 Å². The summed E-state index contributed by atoms with van der Waals surface area (Å²) in [4.78, 5) is 14.9. The predicted molar refractivity (Wildman–Crippen MR) is 117 cm³/mol. The number of carbonyl (C=O) groups excluding carboxylic acids is 1. The molecule has 3 aromatic rings. The molecule has 2 nitrogen and oxygen atoms in total. The largest absolute Gasteiger partial charge is 0.416 e. The minimum Gasteiger partial charge on any atom is -0.293 e. The second-order valence-electron chi connectivity index (χ2n) is 7.41. The summed E-state index contributed by atoms with van der Waals surface area (Å²) in [7, 11) is 0. The van der Waals surface area contributed by atoms with Gasteiger partial charge in [0, 0.05) is 13.1 Å². The van der Waals surface area contributed by atoms with Gasteiger partial charge in [-0.2, -0.15) is 13.2 Å². The van der Waals surface area contributed by atoms with Crippen molar-refractivity contribution in [2.45, 2.75) is 32.2 Å². The van der Waals surface area contributed by atoms with Crippen molar-refractivity contribution in [1.82, 2.24) is 4.90 Å². The van der Waals surface area contributed by atoms with Crippen LogP contribution >= 0.6 is 0 Å². The Hall–Kier alpha value is -3.18. The lowest BCUT2D eigenvalue weighted by molar-refractivity contribution is -0.137. The van der Waals surface area contributed by atoms with Crippen LogP contribution in [0.1, 0.15) is 29.2 Å². The molecule has 160 valence electrons. The van der Waals surface area contributed by atoms with E-state index in [9.17, 15) is 18.0 Å². The lowest BCUT2D eigenvalue weighted by Gasteiger charge is -2.27. The molecule has 0 aliphatic carbocycles. The number of benzene rings is 3. The van der Waals surface area contributed by atoms with Crippen LogP contribution in [0.2, 0.25) is 0 Å². The van der Waals surface area contributed by atoms with Crippen molar-refractivity contribution < 1.29 is 18.0 Å². The van der Waals surface area contributed by atoms with Crippen LogP contribution in [0.15, 0.2) is 91.0 Å². The molecule has 0 radical (unpaired) electrons. The quantitative estimate of drug-likeness (QED) is 0.392. The van der Waals surface area contributed by atoms with Crippen molar-refractivity contribution >= 4 is 11.9 Å². The molecule has 3 aromatic carbocycles. The number of ketones is 1. The summed E-state index contributed by atoms with van der Waals surface area (Å²) < 4.78 is 38.1. The second-order valence-corrected chi connectivity index (χ2v) is 7.41. The first-order valence-corrected chi connectivity index (χ1v) is 10.0. The first-order chi connectivity index (χ1) is 14.8. The first-order valence-electron chi connectivity index (χ1n) is 10.0. The average molecular weight is 423 g/mol. The van der Waals surface area contributed by atoms with Gasteiger partial charge in [0.1, 0.15) is 0 Å². The Morgan fingerprint density at radius 2 is 1.32 bits per heavy atom. The van der Waals surface area contributed by atoms with E-state index in [1.165, 1.54) is 18.2 Å². The summed E-state index contributed by atoms with van der Waals surface area (Å²) in [5, 5.41) is 0. The number of rotatable bonds is 8. The standard InChI is InChI=1S/C26H24F3NO/c1-20(25(31)17-14-21-12-15-24(16-13-21)26(27,28)29)30(18-22-8-4-2-5-9-22)19-23-10-6-3-7-11-23/h2-17,20H,18-19H2,1H3/t20-/m0/s1. The molecule has 0 bridgehead atoms. The molecule has 0 saturated heterocycles. The molecule has 0 fully saturated rings. The van der Waals surface area contributed by atoms with Crippen molar-refractivity contribution in [1.29, 1.82) is 0 Å². The van der Waals surface area contributed by atoms with Crippen LogP contribution < -0.4 is 0 Å². The number of nitrogens with zero attached hydrogens (tertiary/aromatic N) is 1. The minimum atomic E-state index is -4.37. The Morgan fingerprint density at radius 1 is 0.839 bits per heavy atom. The molecule has 5 heteroatoms. The van der Waals surface area contributed by atoms with E-state index in [1.54, 1.807) is 6.08 Å². The van der Waals surface area contributed by atoms with Crippen LogP contribution in [0.4, 0.5) is 13.2 Å². The van der Waals surface area contributed by atoms with E-state index in [1.807, 2.05) is 67.6 Å². The second kappa shape index (κ2) is 10.2. The van der Waals surface area contributed by atoms with E-state index in [4.69, 9.17) is 0 Å². The molecule has 0 aromatic heterocycles. The van der Waals surface area contributed by atoms with Crippen LogP contribution in [0.5, 0.6) is 0 Å². The zero-order chi connectivity index (χ0) is 22.3. The van der Waals surface area contributed by atoms with Crippen molar-refractivity contribution in [2.75, 3.05) is 0 Å². The molecule has 0 aliphatic rings. The van der Waals surface area contributed by atoms with Gasteiger partial charge in [-0.15, -0.1) is 0 Å². The van der Waals surface area contributed by atoms with Crippen molar-refractivity contribution in [3.63, 3.8) is 0 Å². The van der Waals surface area contributed by atoms with Crippen molar-refractivity contribution in [2.24, 2.45) is 0 Å². The molecule has 0 amide bonds. The van der Waals surface area contributed by atoms with Gasteiger partial charge in [-0.05, 0) is 41.8 Å². The maximum absolute atomic E-state index is 12.9. The highest BCUT2D eigenvalue weighted by atomic mass is 19.4. The fourth-order valence-electron chi connectivity index (χ4n) is 3.25. The maximum atomic E-state index is 12.9. The number of halogens is 3. The molecule has 0 N–H and O–H groups in total. The normalized spacial score (nSPS) is 12.9. The van der Waals surface area contributed by atoms with Gasteiger partial charge in [0.25, 0.3) is 0 Å². The number of hydrogen-bond donors (Lipinski definition) is 0. The molecule has 0 saturated carbocycles. The van der Waals surface area contributed by atoms with Crippen LogP contribution in [-0.4, -0.2) is 16.7 Å². The fourth-order valence-corrected chi connectivity index (χ4v) is 3.25. The van der Waals surface area contributed by atoms with Crippen LogP contribution in [0.25, 0.3) is 6.08 Å². The highest BCUT2D eigenvalue weighted by molar-refractivity contribution is 5.97. The monoisotopic (exact) mass is 423 g/mol. The first kappa shape index (κ1) is 22.5. The highest BCUT2D eigenvalue weighted by Crippen LogP contribution is 2.29. The molecular formula is C26H24F3NO. The molecular weight excluding hydrogens is 399 g/mol. The Bertz CT molecular complexity index is 955. The van der Waals surface area contributed by atoms with E-state index in [0.29, 0.717) is 18.7 Å². The molecule has 3 rings (SSSR count). The van der Waals surface area contributed by atoms with Crippen molar-refractivity contribution in [3.05, 3.63) is 113 Å². The summed E-state index contributed by atoms with van der Waals surface area (Å²) in [6.45, 7) is 3.07. The van der Waals surface area contributed by atoms with Gasteiger partial charge >= 0.3 is 6.18 Å². The maximum Gasteiger partial charge on any atom is 0.416 e. The third-order valence-corrected chi connectivity index (χ3v) is 5.09. The third-order valence-electron chi connectivity index (χ3n) is 5.09. The van der Waals surface area contributed by atoms with Gasteiger partial charge in [-0.25, -0.2) is 0 Å². The molecule has 0 aliphatic heterocycles. The summed E-state index contributed by atoms with van der Waals surface area (Å²) in [5.41, 5.74) is 2.04. The molecule has 0 heterocycles. The van der Waals surface area contributed by atoms with Crippen LogP contribution in [0.3, 0.4) is 0 Å². The Labute approximate surface area is 180 Å². The third kappa shape index (κ3) is 6.66. The number of carbonyl (C=O) groups is 1. The zero-order valence-electron chi connectivity index (χ0n) is 17.2. The summed E-state index contributed by atoms with van der Waals surface area (Å²) >= 11 is 0. The molecule has 31 heavy (non-hydrogen) atoms. The topological polar surface area (TPSA) is 20.3 Å². The van der Waals surface area contributed by atoms with E-state index in [-0.39, 0.29) is 5.78 Å². The predicted octanol–water partition coefficient (Wildman–Crippen LogP) is 6.38. The molecule has 0 spiro atoms. The zero-order valence-corrected chi connectivity index (χ0v) is 17.2. The van der Waals surface area contributed by atoms with Gasteiger partial charge < -0.3 is 0 Å². The van der Waals surface area contributed by atoms with Gasteiger partial charge in [0.2, 0.25) is 0 Å². The Balaban J connectivity index is 1.73. The SMILES string of the molecule is C[C@@H](C(=O)C=Cc1ccc(C(F)(F)F)cc1)N(Cc1ccccc1)Cc1ccccc1. The molecule has 0 unspecified atom stereocenters. The number of alkyl halides is 3. The van der Waals surface area contributed by atoms with E-state index in [0.717, 1.165) is 23.3 Å². The van der Waals surface area contributed by atoms with Gasteiger partial charge in [0.05, 0.1) is 11.6 Å². The lowest BCUT2D eigenvalue weighted by Crippen LogP contribution is -2.37. The molecule has 1 atom stereocenters. The van der Waals surface area contributed by atoms with E-state index in [2.05, 4.69) is 4.90 Å². The van der Waals surface area contributed by atoms with Crippen LogP contribution in [-0.2, 0) is 24.1 Å². The number of hydrogen-bond acceptors (Lipinski definition) is 2. The summed E-state index contributed by atoms with van der Waals surface area (Å²) in [6.07, 6.45) is -1.37. The summed E-state index contributed by atoms with van der Waals surface area (Å²) in [5.74, 6) is -0.105. The minimum absolute atomic E-state index is 0.105. The fraction of sp³-hybridized carbons (Fsp3) is 0.192. The van der Waals surface area contributed by atoms with Gasteiger partial charge in [-0.3, -0.25) is 9.69 Å². The Kier molecular flexibility index (Phi) is 7.42. The highest BCUT2D eigenvalue weighted by Gasteiger charge is 2.29. The smallest absolute Gasteiger partial charge is 0.293 e. The van der Waals surface area contributed by atoms with E-state index >= 15 is 0 Å². The lowest BCUT2D eigenvalue weighted by atomic mass is 10.1. The average Bonchev–Trinajstić information content (AvgIpc) is 2.77. The Morgan fingerprint density at radius 3 is 1.77 bits per heavy atom. The summed E-state index contributed by atoms with van der Waals surface area (Å²) in [6, 6.07) is 24.2. The van der Waals surface area contributed by atoms with Crippen LogP contribution in [0, 0.1) is 0 Å². The van der Waals surface area contributed by atoms with Crippen molar-refractivity contribution in [3.8, 4) is 0 Å². The van der Waals surface area contributed by atoms with Gasteiger partial charge in [0.15, 0.2) is 5.78 Å².